The summed E-state index contributed by atoms with van der Waals surface area (Å²) in [7, 11) is 0. The molecule has 1 aromatic heterocycles. The SMILES string of the molecule is O=C(Nc1ccccc1)c1csc(-c2ccccc2)c1-c1ccccc1. The van der Waals surface area contributed by atoms with Crippen LogP contribution in [-0.2, 0) is 0 Å². The van der Waals surface area contributed by atoms with Gasteiger partial charge in [-0.2, -0.15) is 0 Å². The van der Waals surface area contributed by atoms with E-state index in [2.05, 4.69) is 17.4 Å². The van der Waals surface area contributed by atoms with Crippen molar-refractivity contribution in [1.82, 2.24) is 0 Å². The third kappa shape index (κ3) is 3.30. The van der Waals surface area contributed by atoms with Gasteiger partial charge >= 0.3 is 0 Å². The van der Waals surface area contributed by atoms with Crippen molar-refractivity contribution in [1.29, 1.82) is 0 Å². The van der Waals surface area contributed by atoms with E-state index in [-0.39, 0.29) is 5.91 Å². The molecule has 0 fully saturated rings. The van der Waals surface area contributed by atoms with Crippen molar-refractivity contribution in [3.63, 3.8) is 0 Å². The van der Waals surface area contributed by atoms with Crippen LogP contribution in [0.2, 0.25) is 0 Å². The highest BCUT2D eigenvalue weighted by Gasteiger charge is 2.20. The zero-order valence-electron chi connectivity index (χ0n) is 14.1. The van der Waals surface area contributed by atoms with Crippen molar-refractivity contribution in [3.05, 3.63) is 102 Å². The summed E-state index contributed by atoms with van der Waals surface area (Å²) in [6, 6.07) is 29.8. The normalized spacial score (nSPS) is 10.5. The lowest BCUT2D eigenvalue weighted by Gasteiger charge is -2.09. The molecule has 1 N–H and O–H groups in total. The van der Waals surface area contributed by atoms with Crippen molar-refractivity contribution in [2.75, 3.05) is 5.32 Å². The first-order valence-electron chi connectivity index (χ1n) is 8.41. The largest absolute Gasteiger partial charge is 0.322 e. The Kier molecular flexibility index (Phi) is 4.63. The Balaban J connectivity index is 1.80. The van der Waals surface area contributed by atoms with Crippen LogP contribution in [-0.4, -0.2) is 5.91 Å². The Morgan fingerprint density at radius 2 is 1.23 bits per heavy atom. The van der Waals surface area contributed by atoms with Gasteiger partial charge in [-0.05, 0) is 23.3 Å². The van der Waals surface area contributed by atoms with Crippen LogP contribution in [0, 0.1) is 0 Å². The maximum absolute atomic E-state index is 12.9. The van der Waals surface area contributed by atoms with E-state index in [0.717, 1.165) is 27.3 Å². The van der Waals surface area contributed by atoms with E-state index in [0.29, 0.717) is 5.56 Å². The summed E-state index contributed by atoms with van der Waals surface area (Å²) in [6.45, 7) is 0. The molecule has 0 aliphatic carbocycles. The van der Waals surface area contributed by atoms with Gasteiger partial charge in [-0.3, -0.25) is 4.79 Å². The first-order valence-corrected chi connectivity index (χ1v) is 9.29. The summed E-state index contributed by atoms with van der Waals surface area (Å²) >= 11 is 1.60. The van der Waals surface area contributed by atoms with Gasteiger partial charge in [0.05, 0.1) is 5.56 Å². The molecular weight excluding hydrogens is 338 g/mol. The number of carbonyl (C=O) groups is 1. The summed E-state index contributed by atoms with van der Waals surface area (Å²) in [5, 5.41) is 4.95. The minimum absolute atomic E-state index is 0.0894. The highest BCUT2D eigenvalue weighted by Crippen LogP contribution is 2.40. The van der Waals surface area contributed by atoms with Gasteiger partial charge in [0.15, 0.2) is 0 Å². The van der Waals surface area contributed by atoms with E-state index in [1.807, 2.05) is 84.2 Å². The molecule has 0 spiro atoms. The first-order chi connectivity index (χ1) is 12.8. The number of amides is 1. The highest BCUT2D eigenvalue weighted by molar-refractivity contribution is 7.14. The van der Waals surface area contributed by atoms with Gasteiger partial charge in [0.1, 0.15) is 0 Å². The van der Waals surface area contributed by atoms with Crippen LogP contribution in [0.3, 0.4) is 0 Å². The highest BCUT2D eigenvalue weighted by atomic mass is 32.1. The topological polar surface area (TPSA) is 29.1 Å². The van der Waals surface area contributed by atoms with Gasteiger partial charge < -0.3 is 5.32 Å². The molecule has 1 amide bonds. The van der Waals surface area contributed by atoms with Gasteiger partial charge in [0, 0.05) is 21.5 Å². The smallest absolute Gasteiger partial charge is 0.257 e. The predicted octanol–water partition coefficient (Wildman–Crippen LogP) is 6.33. The molecule has 0 saturated heterocycles. The summed E-state index contributed by atoms with van der Waals surface area (Å²) in [5.41, 5.74) is 4.64. The lowest BCUT2D eigenvalue weighted by atomic mass is 9.98. The molecule has 0 atom stereocenters. The fraction of sp³-hybridized carbons (Fsp3) is 0. The van der Waals surface area contributed by atoms with Gasteiger partial charge in [0.2, 0.25) is 0 Å². The molecule has 4 rings (SSSR count). The van der Waals surface area contributed by atoms with Crippen LogP contribution < -0.4 is 5.32 Å². The Bertz CT molecular complexity index is 1010. The summed E-state index contributed by atoms with van der Waals surface area (Å²) in [4.78, 5) is 14.1. The van der Waals surface area contributed by atoms with Gasteiger partial charge in [-0.15, -0.1) is 11.3 Å². The number of nitrogens with one attached hydrogen (secondary N) is 1. The number of thiophene rings is 1. The monoisotopic (exact) mass is 355 g/mol. The lowest BCUT2D eigenvalue weighted by Crippen LogP contribution is -2.12. The maximum Gasteiger partial charge on any atom is 0.257 e. The molecule has 2 nitrogen and oxygen atoms in total. The van der Waals surface area contributed by atoms with Crippen LogP contribution in [0.25, 0.3) is 21.6 Å². The maximum atomic E-state index is 12.9. The Labute approximate surface area is 156 Å². The van der Waals surface area contributed by atoms with E-state index in [4.69, 9.17) is 0 Å². The van der Waals surface area contributed by atoms with Crippen molar-refractivity contribution in [2.45, 2.75) is 0 Å². The molecular formula is C23H17NOS. The van der Waals surface area contributed by atoms with E-state index >= 15 is 0 Å². The molecule has 1 heterocycles. The minimum Gasteiger partial charge on any atom is -0.322 e. The number of benzene rings is 3. The fourth-order valence-corrected chi connectivity index (χ4v) is 4.02. The Morgan fingerprint density at radius 1 is 0.692 bits per heavy atom. The van der Waals surface area contributed by atoms with Crippen molar-refractivity contribution >= 4 is 22.9 Å². The first kappa shape index (κ1) is 16.3. The number of rotatable bonds is 4. The van der Waals surface area contributed by atoms with Crippen LogP contribution in [0.15, 0.2) is 96.4 Å². The second-order valence-electron chi connectivity index (χ2n) is 5.91. The zero-order chi connectivity index (χ0) is 17.8. The predicted molar refractivity (Wildman–Crippen MR) is 110 cm³/mol. The second kappa shape index (κ2) is 7.38. The molecule has 0 unspecified atom stereocenters. The fourth-order valence-electron chi connectivity index (χ4n) is 2.94. The Morgan fingerprint density at radius 3 is 1.85 bits per heavy atom. The van der Waals surface area contributed by atoms with Gasteiger partial charge in [0.25, 0.3) is 5.91 Å². The molecule has 26 heavy (non-hydrogen) atoms. The lowest BCUT2D eigenvalue weighted by molar-refractivity contribution is 0.102. The van der Waals surface area contributed by atoms with Gasteiger partial charge in [-0.25, -0.2) is 0 Å². The molecule has 0 saturated carbocycles. The number of carbonyl (C=O) groups excluding carboxylic acids is 1. The molecule has 0 bridgehead atoms. The second-order valence-corrected chi connectivity index (χ2v) is 6.79. The van der Waals surface area contributed by atoms with Crippen molar-refractivity contribution in [3.8, 4) is 21.6 Å². The Hall–Kier alpha value is -3.17. The van der Waals surface area contributed by atoms with E-state index < -0.39 is 0 Å². The molecule has 0 aliphatic rings. The quantitative estimate of drug-likeness (QED) is 0.455. The molecule has 3 heteroatoms. The minimum atomic E-state index is -0.0894. The van der Waals surface area contributed by atoms with Crippen molar-refractivity contribution < 1.29 is 4.79 Å². The van der Waals surface area contributed by atoms with Crippen LogP contribution in [0.5, 0.6) is 0 Å². The summed E-state index contributed by atoms with van der Waals surface area (Å²) in [6.07, 6.45) is 0. The third-order valence-electron chi connectivity index (χ3n) is 4.17. The summed E-state index contributed by atoms with van der Waals surface area (Å²) in [5.74, 6) is -0.0894. The number of hydrogen-bond donors (Lipinski definition) is 1. The third-order valence-corrected chi connectivity index (χ3v) is 5.19. The molecule has 0 aliphatic heterocycles. The van der Waals surface area contributed by atoms with Gasteiger partial charge in [-0.1, -0.05) is 78.9 Å². The van der Waals surface area contributed by atoms with E-state index in [9.17, 15) is 4.79 Å². The number of anilines is 1. The molecule has 4 aromatic rings. The number of para-hydroxylation sites is 1. The average Bonchev–Trinajstić information content (AvgIpc) is 3.15. The van der Waals surface area contributed by atoms with E-state index in [1.165, 1.54) is 0 Å². The van der Waals surface area contributed by atoms with E-state index in [1.54, 1.807) is 11.3 Å². The molecule has 3 aromatic carbocycles. The van der Waals surface area contributed by atoms with Crippen LogP contribution in [0.1, 0.15) is 10.4 Å². The van der Waals surface area contributed by atoms with Crippen LogP contribution in [0.4, 0.5) is 5.69 Å². The zero-order valence-corrected chi connectivity index (χ0v) is 14.9. The van der Waals surface area contributed by atoms with Crippen molar-refractivity contribution in [2.24, 2.45) is 0 Å². The summed E-state index contributed by atoms with van der Waals surface area (Å²) < 4.78 is 0. The molecule has 126 valence electrons. The number of hydrogen-bond acceptors (Lipinski definition) is 2. The molecule has 0 radical (unpaired) electrons. The standard InChI is InChI=1S/C23H17NOS/c25-23(24-19-14-8-3-9-15-19)20-16-26-22(18-12-6-2-7-13-18)21(20)17-10-4-1-5-11-17/h1-16H,(H,24,25). The average molecular weight is 355 g/mol. The van der Waals surface area contributed by atoms with Crippen LogP contribution >= 0.6 is 11.3 Å².